The van der Waals surface area contributed by atoms with E-state index in [1.54, 1.807) is 25.3 Å². The van der Waals surface area contributed by atoms with E-state index in [4.69, 9.17) is 4.74 Å². The van der Waals surface area contributed by atoms with Gasteiger partial charge >= 0.3 is 0 Å². The average Bonchev–Trinajstić information content (AvgIpc) is 2.45. The molecule has 0 saturated carbocycles. The van der Waals surface area contributed by atoms with Gasteiger partial charge < -0.3 is 15.0 Å². The molecule has 0 saturated heterocycles. The van der Waals surface area contributed by atoms with Gasteiger partial charge in [-0.2, -0.15) is 0 Å². The summed E-state index contributed by atoms with van der Waals surface area (Å²) in [5.74, 6) is -0.227. The summed E-state index contributed by atoms with van der Waals surface area (Å²) in [4.78, 5) is 1.90. The van der Waals surface area contributed by atoms with Crippen LogP contribution in [0.4, 0.5) is 10.1 Å². The molecule has 0 aliphatic rings. The Labute approximate surface area is 120 Å². The number of nitrogens with one attached hydrogen (secondary N) is 1. The summed E-state index contributed by atoms with van der Waals surface area (Å²) in [6.07, 6.45) is 3.51. The number of anilines is 1. The van der Waals surface area contributed by atoms with Gasteiger partial charge in [0.2, 0.25) is 0 Å². The molecule has 1 aromatic carbocycles. The third-order valence-corrected chi connectivity index (χ3v) is 2.86. The molecule has 0 radical (unpaired) electrons. The largest absolute Gasteiger partial charge is 0.383 e. The third-order valence-electron chi connectivity index (χ3n) is 2.86. The van der Waals surface area contributed by atoms with Crippen LogP contribution in [-0.2, 0) is 11.3 Å². The van der Waals surface area contributed by atoms with Crippen molar-refractivity contribution in [3.63, 3.8) is 0 Å². The van der Waals surface area contributed by atoms with Crippen molar-refractivity contribution < 1.29 is 9.13 Å². The van der Waals surface area contributed by atoms with E-state index in [-0.39, 0.29) is 5.82 Å². The summed E-state index contributed by atoms with van der Waals surface area (Å²) in [5.41, 5.74) is 1.62. The van der Waals surface area contributed by atoms with E-state index in [0.29, 0.717) is 31.9 Å². The van der Waals surface area contributed by atoms with Crippen molar-refractivity contribution in [3.8, 4) is 0 Å². The van der Waals surface area contributed by atoms with E-state index < -0.39 is 0 Å². The van der Waals surface area contributed by atoms with Gasteiger partial charge in [0.1, 0.15) is 5.82 Å². The molecule has 0 amide bonds. The summed E-state index contributed by atoms with van der Waals surface area (Å²) >= 11 is 0. The highest BCUT2D eigenvalue weighted by Gasteiger charge is 2.10. The fourth-order valence-electron chi connectivity index (χ4n) is 1.90. The van der Waals surface area contributed by atoms with Gasteiger partial charge in [-0.3, -0.25) is 0 Å². The van der Waals surface area contributed by atoms with E-state index >= 15 is 0 Å². The lowest BCUT2D eigenvalue weighted by Crippen LogP contribution is -2.25. The van der Waals surface area contributed by atoms with Crippen LogP contribution in [0.15, 0.2) is 43.5 Å². The molecule has 1 N–H and O–H groups in total. The van der Waals surface area contributed by atoms with E-state index in [1.165, 1.54) is 6.07 Å². The van der Waals surface area contributed by atoms with Crippen molar-refractivity contribution in [3.05, 3.63) is 54.9 Å². The highest BCUT2D eigenvalue weighted by Crippen LogP contribution is 2.21. The van der Waals surface area contributed by atoms with Crippen molar-refractivity contribution in [2.75, 3.05) is 38.3 Å². The summed E-state index contributed by atoms with van der Waals surface area (Å²) in [5, 5.41) is 3.25. The first-order valence-corrected chi connectivity index (χ1v) is 6.67. The van der Waals surface area contributed by atoms with Gasteiger partial charge in [-0.1, -0.05) is 18.2 Å². The van der Waals surface area contributed by atoms with Gasteiger partial charge in [-0.25, -0.2) is 4.39 Å². The van der Waals surface area contributed by atoms with Gasteiger partial charge in [0.05, 0.1) is 12.3 Å². The minimum Gasteiger partial charge on any atom is -0.383 e. The van der Waals surface area contributed by atoms with Crippen LogP contribution in [0.25, 0.3) is 0 Å². The molecule has 0 heterocycles. The molecule has 1 aromatic rings. The molecule has 20 heavy (non-hydrogen) atoms. The molecule has 0 aliphatic heterocycles. The van der Waals surface area contributed by atoms with Crippen molar-refractivity contribution >= 4 is 5.69 Å². The quantitative estimate of drug-likeness (QED) is 0.526. The van der Waals surface area contributed by atoms with E-state index in [0.717, 1.165) is 12.1 Å². The first-order valence-electron chi connectivity index (χ1n) is 6.67. The fourth-order valence-corrected chi connectivity index (χ4v) is 1.90. The molecule has 0 aliphatic carbocycles. The Morgan fingerprint density at radius 2 is 2.00 bits per heavy atom. The first-order chi connectivity index (χ1) is 9.72. The van der Waals surface area contributed by atoms with Crippen LogP contribution in [0.3, 0.4) is 0 Å². The predicted molar refractivity (Wildman–Crippen MR) is 82.6 cm³/mol. The van der Waals surface area contributed by atoms with E-state index in [1.807, 2.05) is 11.0 Å². The van der Waals surface area contributed by atoms with Crippen LogP contribution in [0.2, 0.25) is 0 Å². The Bertz CT molecular complexity index is 424. The first kappa shape index (κ1) is 16.4. The molecule has 0 atom stereocenters. The maximum Gasteiger partial charge on any atom is 0.146 e. The number of halogens is 1. The summed E-state index contributed by atoms with van der Waals surface area (Å²) < 4.78 is 18.9. The Balaban J connectivity index is 2.78. The number of rotatable bonds is 10. The van der Waals surface area contributed by atoms with Crippen molar-refractivity contribution in [2.24, 2.45) is 0 Å². The van der Waals surface area contributed by atoms with Gasteiger partial charge in [0.15, 0.2) is 0 Å². The Morgan fingerprint density at radius 3 is 2.60 bits per heavy atom. The SMILES string of the molecule is C=CCN(CC=C)c1cc(CNCCOC)ccc1F. The highest BCUT2D eigenvalue weighted by molar-refractivity contribution is 5.51. The van der Waals surface area contributed by atoms with Crippen LogP contribution in [-0.4, -0.2) is 33.4 Å². The minimum absolute atomic E-state index is 0.227. The van der Waals surface area contributed by atoms with Crippen LogP contribution in [0.5, 0.6) is 0 Å². The zero-order valence-electron chi connectivity index (χ0n) is 12.1. The summed E-state index contributed by atoms with van der Waals surface area (Å²) in [6, 6.07) is 5.16. The molecule has 0 aromatic heterocycles. The molecular formula is C16H23FN2O. The zero-order chi connectivity index (χ0) is 14.8. The summed E-state index contributed by atoms with van der Waals surface area (Å²) in [7, 11) is 1.67. The standard InChI is InChI=1S/C16H23FN2O/c1-4-9-19(10-5-2)16-12-14(6-7-15(16)17)13-18-8-11-20-3/h4-7,12,18H,1-2,8-11,13H2,3H3. The van der Waals surface area contributed by atoms with Gasteiger partial charge in [-0.15, -0.1) is 13.2 Å². The van der Waals surface area contributed by atoms with Crippen molar-refractivity contribution in [1.82, 2.24) is 5.32 Å². The second kappa shape index (κ2) is 9.28. The maximum atomic E-state index is 14.0. The maximum absolute atomic E-state index is 14.0. The highest BCUT2D eigenvalue weighted by atomic mass is 19.1. The number of methoxy groups -OCH3 is 1. The molecule has 1 rings (SSSR count). The monoisotopic (exact) mass is 278 g/mol. The number of benzene rings is 1. The topological polar surface area (TPSA) is 24.5 Å². The Hall–Kier alpha value is -1.65. The summed E-state index contributed by atoms with van der Waals surface area (Å²) in [6.45, 7) is 10.7. The minimum atomic E-state index is -0.227. The Kier molecular flexibility index (Phi) is 7.62. The molecule has 4 heteroatoms. The van der Waals surface area contributed by atoms with Gasteiger partial charge in [-0.05, 0) is 17.7 Å². The van der Waals surface area contributed by atoms with Crippen LogP contribution in [0, 0.1) is 5.82 Å². The predicted octanol–water partition coefficient (Wildman–Crippen LogP) is 2.74. The second-order valence-corrected chi connectivity index (χ2v) is 4.44. The molecular weight excluding hydrogens is 255 g/mol. The number of hydrogen-bond acceptors (Lipinski definition) is 3. The number of nitrogens with zero attached hydrogens (tertiary/aromatic N) is 1. The molecule has 0 bridgehead atoms. The van der Waals surface area contributed by atoms with Crippen molar-refractivity contribution in [1.29, 1.82) is 0 Å². The number of ether oxygens (including phenoxy) is 1. The van der Waals surface area contributed by atoms with Crippen LogP contribution >= 0.6 is 0 Å². The van der Waals surface area contributed by atoms with Gasteiger partial charge in [0.25, 0.3) is 0 Å². The van der Waals surface area contributed by atoms with Crippen molar-refractivity contribution in [2.45, 2.75) is 6.54 Å². The van der Waals surface area contributed by atoms with E-state index in [2.05, 4.69) is 18.5 Å². The van der Waals surface area contributed by atoms with Crippen LogP contribution < -0.4 is 10.2 Å². The fraction of sp³-hybridized carbons (Fsp3) is 0.375. The lowest BCUT2D eigenvalue weighted by Gasteiger charge is -2.23. The van der Waals surface area contributed by atoms with Crippen LogP contribution in [0.1, 0.15) is 5.56 Å². The lowest BCUT2D eigenvalue weighted by atomic mass is 10.1. The second-order valence-electron chi connectivity index (χ2n) is 4.44. The zero-order valence-corrected chi connectivity index (χ0v) is 12.1. The Morgan fingerprint density at radius 1 is 1.30 bits per heavy atom. The molecule has 0 spiro atoms. The molecule has 110 valence electrons. The normalized spacial score (nSPS) is 10.3. The molecule has 3 nitrogen and oxygen atoms in total. The lowest BCUT2D eigenvalue weighted by molar-refractivity contribution is 0.199. The average molecular weight is 278 g/mol. The molecule has 0 unspecified atom stereocenters. The number of hydrogen-bond donors (Lipinski definition) is 1. The van der Waals surface area contributed by atoms with E-state index in [9.17, 15) is 4.39 Å². The third kappa shape index (κ3) is 5.15. The smallest absolute Gasteiger partial charge is 0.146 e. The molecule has 0 fully saturated rings. The van der Waals surface area contributed by atoms with Gasteiger partial charge in [0, 0.05) is 33.3 Å².